The van der Waals surface area contributed by atoms with Crippen molar-refractivity contribution in [3.05, 3.63) is 0 Å². The lowest BCUT2D eigenvalue weighted by molar-refractivity contribution is -0.00414. The highest BCUT2D eigenvalue weighted by Gasteiger charge is 2.36. The average molecular weight is 225 g/mol. The van der Waals surface area contributed by atoms with Gasteiger partial charge in [0.05, 0.1) is 6.10 Å². The molecule has 2 nitrogen and oxygen atoms in total. The van der Waals surface area contributed by atoms with Crippen molar-refractivity contribution in [2.75, 3.05) is 6.61 Å². The van der Waals surface area contributed by atoms with Gasteiger partial charge < -0.3 is 10.1 Å². The molecule has 3 unspecified atom stereocenters. The number of ether oxygens (including phenoxy) is 1. The minimum absolute atomic E-state index is 0.496. The maximum absolute atomic E-state index is 5.73. The van der Waals surface area contributed by atoms with Crippen molar-refractivity contribution < 1.29 is 4.74 Å². The van der Waals surface area contributed by atoms with Gasteiger partial charge in [-0.05, 0) is 37.5 Å². The molecule has 1 heterocycles. The smallest absolute Gasteiger partial charge is 0.0587 e. The van der Waals surface area contributed by atoms with E-state index in [1.807, 2.05) is 0 Å². The number of nitrogens with one attached hydrogen (secondary N) is 1. The third-order valence-electron chi connectivity index (χ3n) is 4.52. The highest BCUT2D eigenvalue weighted by molar-refractivity contribution is 4.92. The molecule has 0 radical (unpaired) electrons. The van der Waals surface area contributed by atoms with Gasteiger partial charge in [0.25, 0.3) is 0 Å². The zero-order chi connectivity index (χ0) is 11.6. The summed E-state index contributed by atoms with van der Waals surface area (Å²) in [5.41, 5.74) is 0.500. The van der Waals surface area contributed by atoms with Crippen LogP contribution in [0, 0.1) is 5.41 Å². The molecule has 2 fully saturated rings. The molecule has 1 aliphatic carbocycles. The highest BCUT2D eigenvalue weighted by Crippen LogP contribution is 2.38. The Bertz CT molecular complexity index is 227. The van der Waals surface area contributed by atoms with E-state index in [0.29, 0.717) is 17.6 Å². The molecule has 1 N–H and O–H groups in total. The summed E-state index contributed by atoms with van der Waals surface area (Å²) in [5, 5.41) is 3.89. The minimum Gasteiger partial charge on any atom is -0.378 e. The Kier molecular flexibility index (Phi) is 3.91. The van der Waals surface area contributed by atoms with Crippen LogP contribution in [-0.4, -0.2) is 24.8 Å². The van der Waals surface area contributed by atoms with E-state index in [2.05, 4.69) is 26.1 Å². The van der Waals surface area contributed by atoms with Crippen LogP contribution in [0.2, 0.25) is 0 Å². The zero-order valence-electron chi connectivity index (χ0n) is 11.1. The lowest BCUT2D eigenvalue weighted by Crippen LogP contribution is -2.47. The van der Waals surface area contributed by atoms with Gasteiger partial charge in [-0.3, -0.25) is 0 Å². The fourth-order valence-corrected chi connectivity index (χ4v) is 3.24. The van der Waals surface area contributed by atoms with Gasteiger partial charge in [0, 0.05) is 18.7 Å². The first-order valence-electron chi connectivity index (χ1n) is 6.99. The van der Waals surface area contributed by atoms with Gasteiger partial charge in [0.2, 0.25) is 0 Å². The molecule has 0 bridgehead atoms. The van der Waals surface area contributed by atoms with E-state index >= 15 is 0 Å². The van der Waals surface area contributed by atoms with Gasteiger partial charge in [-0.15, -0.1) is 0 Å². The SMILES string of the molecule is CCC1CC(NC2CCCC2(C)C)CCO1. The summed E-state index contributed by atoms with van der Waals surface area (Å²) < 4.78 is 5.73. The monoisotopic (exact) mass is 225 g/mol. The van der Waals surface area contributed by atoms with Crippen LogP contribution in [0.4, 0.5) is 0 Å². The van der Waals surface area contributed by atoms with Gasteiger partial charge in [0.1, 0.15) is 0 Å². The molecule has 0 aromatic heterocycles. The van der Waals surface area contributed by atoms with Gasteiger partial charge in [-0.25, -0.2) is 0 Å². The molecule has 94 valence electrons. The highest BCUT2D eigenvalue weighted by atomic mass is 16.5. The van der Waals surface area contributed by atoms with E-state index < -0.39 is 0 Å². The van der Waals surface area contributed by atoms with Gasteiger partial charge in [-0.1, -0.05) is 27.2 Å². The van der Waals surface area contributed by atoms with Crippen molar-refractivity contribution in [1.82, 2.24) is 5.32 Å². The second-order valence-electron chi connectivity index (χ2n) is 6.22. The Morgan fingerprint density at radius 1 is 1.31 bits per heavy atom. The first kappa shape index (κ1) is 12.4. The predicted molar refractivity (Wildman–Crippen MR) is 67.6 cm³/mol. The van der Waals surface area contributed by atoms with Crippen molar-refractivity contribution >= 4 is 0 Å². The summed E-state index contributed by atoms with van der Waals surface area (Å²) in [7, 11) is 0. The Morgan fingerprint density at radius 3 is 2.75 bits per heavy atom. The van der Waals surface area contributed by atoms with E-state index in [1.54, 1.807) is 0 Å². The number of hydrogen-bond donors (Lipinski definition) is 1. The molecule has 2 aliphatic rings. The van der Waals surface area contributed by atoms with E-state index in [4.69, 9.17) is 4.74 Å². The lowest BCUT2D eigenvalue weighted by atomic mass is 9.86. The Morgan fingerprint density at radius 2 is 2.12 bits per heavy atom. The van der Waals surface area contributed by atoms with Crippen LogP contribution in [0.25, 0.3) is 0 Å². The van der Waals surface area contributed by atoms with Gasteiger partial charge >= 0.3 is 0 Å². The Hall–Kier alpha value is -0.0800. The van der Waals surface area contributed by atoms with Crippen molar-refractivity contribution in [1.29, 1.82) is 0 Å². The molecule has 0 amide bonds. The average Bonchev–Trinajstić information content (AvgIpc) is 2.59. The molecular formula is C14H27NO. The molecule has 16 heavy (non-hydrogen) atoms. The van der Waals surface area contributed by atoms with E-state index in [1.165, 1.54) is 32.1 Å². The second-order valence-corrected chi connectivity index (χ2v) is 6.22. The van der Waals surface area contributed by atoms with Crippen molar-refractivity contribution in [2.45, 2.75) is 77.5 Å². The molecular weight excluding hydrogens is 198 g/mol. The topological polar surface area (TPSA) is 21.3 Å². The van der Waals surface area contributed by atoms with Gasteiger partial charge in [-0.2, -0.15) is 0 Å². The van der Waals surface area contributed by atoms with E-state index in [-0.39, 0.29) is 0 Å². The minimum atomic E-state index is 0.496. The summed E-state index contributed by atoms with van der Waals surface area (Å²) in [6, 6.07) is 1.43. The molecule has 1 saturated carbocycles. The molecule has 1 aliphatic heterocycles. The maximum atomic E-state index is 5.73. The Balaban J connectivity index is 1.84. The predicted octanol–water partition coefficient (Wildman–Crippen LogP) is 3.11. The van der Waals surface area contributed by atoms with Crippen LogP contribution in [0.15, 0.2) is 0 Å². The maximum Gasteiger partial charge on any atom is 0.0587 e. The third kappa shape index (κ3) is 2.78. The molecule has 1 saturated heterocycles. The van der Waals surface area contributed by atoms with Crippen LogP contribution in [-0.2, 0) is 4.74 Å². The van der Waals surface area contributed by atoms with Crippen LogP contribution >= 0.6 is 0 Å². The van der Waals surface area contributed by atoms with Crippen LogP contribution in [0.5, 0.6) is 0 Å². The summed E-state index contributed by atoms with van der Waals surface area (Å²) in [5.74, 6) is 0. The summed E-state index contributed by atoms with van der Waals surface area (Å²) in [6.07, 6.45) is 8.20. The number of hydrogen-bond acceptors (Lipinski definition) is 2. The van der Waals surface area contributed by atoms with Crippen LogP contribution in [0.3, 0.4) is 0 Å². The molecule has 2 rings (SSSR count). The largest absolute Gasteiger partial charge is 0.378 e. The summed E-state index contributed by atoms with van der Waals surface area (Å²) >= 11 is 0. The van der Waals surface area contributed by atoms with Crippen molar-refractivity contribution in [2.24, 2.45) is 5.41 Å². The fraction of sp³-hybridized carbons (Fsp3) is 1.00. The summed E-state index contributed by atoms with van der Waals surface area (Å²) in [4.78, 5) is 0. The molecule has 0 aromatic carbocycles. The standard InChI is InChI=1S/C14H27NO/c1-4-12-10-11(7-9-16-12)15-13-6-5-8-14(13,2)3/h11-13,15H,4-10H2,1-3H3. The fourth-order valence-electron chi connectivity index (χ4n) is 3.24. The molecule has 0 aromatic rings. The lowest BCUT2D eigenvalue weighted by Gasteiger charge is -2.36. The van der Waals surface area contributed by atoms with Crippen LogP contribution in [0.1, 0.15) is 59.3 Å². The van der Waals surface area contributed by atoms with Crippen molar-refractivity contribution in [3.63, 3.8) is 0 Å². The van der Waals surface area contributed by atoms with E-state index in [0.717, 1.165) is 19.1 Å². The zero-order valence-corrected chi connectivity index (χ0v) is 11.1. The first-order valence-corrected chi connectivity index (χ1v) is 6.99. The molecule has 2 heteroatoms. The van der Waals surface area contributed by atoms with Crippen LogP contribution < -0.4 is 5.32 Å². The third-order valence-corrected chi connectivity index (χ3v) is 4.52. The molecule has 3 atom stereocenters. The normalized spacial score (nSPS) is 38.8. The second kappa shape index (κ2) is 5.05. The molecule has 0 spiro atoms. The first-order chi connectivity index (χ1) is 7.62. The van der Waals surface area contributed by atoms with E-state index in [9.17, 15) is 0 Å². The quantitative estimate of drug-likeness (QED) is 0.797. The van der Waals surface area contributed by atoms with Crippen molar-refractivity contribution in [3.8, 4) is 0 Å². The summed E-state index contributed by atoms with van der Waals surface area (Å²) in [6.45, 7) is 8.00. The Labute approximate surface area is 100 Å². The van der Waals surface area contributed by atoms with Gasteiger partial charge in [0.15, 0.2) is 0 Å². The number of rotatable bonds is 3.